The molecule has 0 saturated carbocycles. The van der Waals surface area contributed by atoms with Crippen LogP contribution in [0.1, 0.15) is 12.6 Å². The van der Waals surface area contributed by atoms with Crippen LogP contribution >= 0.6 is 7.92 Å². The van der Waals surface area contributed by atoms with Gasteiger partial charge in [-0.1, -0.05) is 71.8 Å². The topological polar surface area (TPSA) is 54.4 Å². The molecule has 3 nitrogen and oxygen atoms in total. The fraction of sp³-hybridized carbons (Fsp3) is 0.100. The van der Waals surface area contributed by atoms with Crippen LogP contribution in [0.4, 0.5) is 0 Å². The Morgan fingerprint density at radius 2 is 1.00 bits per heavy atom. The standard InChI is InChI=1S/C20H19O3PS.Li.H/c1-15-3-7-17(8-4-15)24(18-9-5-16(2)6-10-18)19-11-13-20(14-12-19)25(21,22)23;;/h3-14H,1-2H3,(H,21,22,23);;/q;+1;-1. The van der Waals surface area contributed by atoms with E-state index in [1.165, 1.54) is 33.9 Å². The summed E-state index contributed by atoms with van der Waals surface area (Å²) < 4.78 is 31.8. The second-order valence-corrected chi connectivity index (χ2v) is 9.62. The molecule has 1 N–H and O–H groups in total. The molecule has 0 aliphatic rings. The van der Waals surface area contributed by atoms with E-state index in [0.29, 0.717) is 0 Å². The first-order valence-corrected chi connectivity index (χ1v) is 10.6. The molecule has 26 heavy (non-hydrogen) atoms. The largest absolute Gasteiger partial charge is 1.00 e. The van der Waals surface area contributed by atoms with Crippen molar-refractivity contribution in [1.82, 2.24) is 0 Å². The summed E-state index contributed by atoms with van der Waals surface area (Å²) in [7, 11) is -4.97. The number of aryl methyl sites for hydroxylation is 2. The van der Waals surface area contributed by atoms with Gasteiger partial charge in [0.15, 0.2) is 0 Å². The third kappa shape index (κ3) is 4.85. The molecular weight excluding hydrogens is 358 g/mol. The van der Waals surface area contributed by atoms with Crippen LogP contribution in [-0.2, 0) is 10.1 Å². The maximum Gasteiger partial charge on any atom is 1.00 e. The first kappa shape index (κ1) is 20.9. The molecule has 0 aliphatic carbocycles. The maximum atomic E-state index is 11.3. The van der Waals surface area contributed by atoms with Crippen LogP contribution in [0.15, 0.2) is 77.7 Å². The molecule has 0 saturated heterocycles. The predicted molar refractivity (Wildman–Crippen MR) is 106 cm³/mol. The van der Waals surface area contributed by atoms with E-state index in [1.807, 2.05) is 0 Å². The molecular formula is C20H20LiO3PS. The Hall–Kier alpha value is -1.40. The predicted octanol–water partition coefficient (Wildman–Crippen LogP) is 0.425. The Kier molecular flexibility index (Phi) is 6.85. The van der Waals surface area contributed by atoms with Gasteiger partial charge in [0.2, 0.25) is 0 Å². The number of hydrogen-bond acceptors (Lipinski definition) is 2. The Bertz CT molecular complexity index is 928. The Labute approximate surface area is 169 Å². The van der Waals surface area contributed by atoms with Gasteiger partial charge in [0.1, 0.15) is 0 Å². The van der Waals surface area contributed by atoms with Crippen molar-refractivity contribution < 1.29 is 33.3 Å². The Morgan fingerprint density at radius 1 is 0.692 bits per heavy atom. The van der Waals surface area contributed by atoms with Crippen LogP contribution in [0.3, 0.4) is 0 Å². The minimum Gasteiger partial charge on any atom is -1.00 e. The molecule has 3 aromatic rings. The van der Waals surface area contributed by atoms with Gasteiger partial charge in [-0.25, -0.2) is 0 Å². The summed E-state index contributed by atoms with van der Waals surface area (Å²) in [5, 5.41) is 3.43. The van der Waals surface area contributed by atoms with E-state index in [4.69, 9.17) is 0 Å². The molecule has 0 amide bonds. The average Bonchev–Trinajstić information content (AvgIpc) is 2.58. The summed E-state index contributed by atoms with van der Waals surface area (Å²) in [5.74, 6) is 0. The van der Waals surface area contributed by atoms with E-state index in [9.17, 15) is 13.0 Å². The molecule has 6 heteroatoms. The van der Waals surface area contributed by atoms with Gasteiger partial charge in [-0.2, -0.15) is 8.42 Å². The normalized spacial score (nSPS) is 11.2. The summed E-state index contributed by atoms with van der Waals surface area (Å²) >= 11 is 0. The fourth-order valence-corrected chi connectivity index (χ4v) is 5.32. The van der Waals surface area contributed by atoms with E-state index in [-0.39, 0.29) is 25.2 Å². The van der Waals surface area contributed by atoms with Crippen molar-refractivity contribution in [1.29, 1.82) is 0 Å². The van der Waals surface area contributed by atoms with Gasteiger partial charge < -0.3 is 1.43 Å². The van der Waals surface area contributed by atoms with Gasteiger partial charge >= 0.3 is 18.9 Å². The van der Waals surface area contributed by atoms with Gasteiger partial charge in [0, 0.05) is 0 Å². The molecule has 3 aromatic carbocycles. The molecule has 0 bridgehead atoms. The third-order valence-corrected chi connectivity index (χ3v) is 7.29. The average molecular weight is 378 g/mol. The third-order valence-electron chi connectivity index (χ3n) is 3.98. The van der Waals surface area contributed by atoms with Gasteiger partial charge in [0.25, 0.3) is 10.1 Å². The first-order chi connectivity index (χ1) is 11.8. The second kappa shape index (κ2) is 8.52. The molecule has 0 spiro atoms. The summed E-state index contributed by atoms with van der Waals surface area (Å²) in [6.45, 7) is 4.11. The van der Waals surface area contributed by atoms with E-state index in [0.717, 1.165) is 5.30 Å². The van der Waals surface area contributed by atoms with Gasteiger partial charge in [-0.15, -0.1) is 0 Å². The van der Waals surface area contributed by atoms with E-state index >= 15 is 0 Å². The van der Waals surface area contributed by atoms with Crippen LogP contribution in [0, 0.1) is 13.8 Å². The van der Waals surface area contributed by atoms with Crippen molar-refractivity contribution >= 4 is 34.0 Å². The second-order valence-electron chi connectivity index (χ2n) is 5.98. The molecule has 0 unspecified atom stereocenters. The quantitative estimate of drug-likeness (QED) is 0.407. The molecule has 130 valence electrons. The van der Waals surface area contributed by atoms with Crippen molar-refractivity contribution in [2.45, 2.75) is 18.7 Å². The molecule has 0 aliphatic heterocycles. The molecule has 0 radical (unpaired) electrons. The molecule has 0 atom stereocenters. The van der Waals surface area contributed by atoms with E-state index in [2.05, 4.69) is 62.4 Å². The van der Waals surface area contributed by atoms with Crippen LogP contribution < -0.4 is 34.8 Å². The molecule has 0 aromatic heterocycles. The smallest absolute Gasteiger partial charge is 1.00 e. The maximum absolute atomic E-state index is 11.3. The van der Waals surface area contributed by atoms with Crippen LogP contribution in [0.5, 0.6) is 0 Å². The van der Waals surface area contributed by atoms with Crippen molar-refractivity contribution in [2.24, 2.45) is 0 Å². The minimum absolute atomic E-state index is 0. The zero-order valence-corrected chi connectivity index (χ0v) is 16.8. The van der Waals surface area contributed by atoms with Crippen LogP contribution in [0.2, 0.25) is 0 Å². The summed E-state index contributed by atoms with van der Waals surface area (Å²) in [4.78, 5) is -0.0842. The number of hydrogen-bond donors (Lipinski definition) is 1. The summed E-state index contributed by atoms with van der Waals surface area (Å²) in [6, 6.07) is 23.3. The van der Waals surface area contributed by atoms with Crippen molar-refractivity contribution in [3.05, 3.63) is 83.9 Å². The van der Waals surface area contributed by atoms with Crippen molar-refractivity contribution in [3.8, 4) is 0 Å². The number of rotatable bonds is 4. The minimum atomic E-state index is -4.18. The Morgan fingerprint density at radius 3 is 1.31 bits per heavy atom. The summed E-state index contributed by atoms with van der Waals surface area (Å²) in [6.07, 6.45) is 0. The van der Waals surface area contributed by atoms with E-state index < -0.39 is 18.0 Å². The van der Waals surface area contributed by atoms with Crippen molar-refractivity contribution in [3.63, 3.8) is 0 Å². The van der Waals surface area contributed by atoms with Gasteiger partial charge in [-0.3, -0.25) is 4.55 Å². The van der Waals surface area contributed by atoms with Crippen molar-refractivity contribution in [2.75, 3.05) is 0 Å². The van der Waals surface area contributed by atoms with Crippen LogP contribution in [-0.4, -0.2) is 13.0 Å². The summed E-state index contributed by atoms with van der Waals surface area (Å²) in [5.41, 5.74) is 2.40. The zero-order chi connectivity index (χ0) is 18.0. The van der Waals surface area contributed by atoms with E-state index in [1.54, 1.807) is 12.1 Å². The monoisotopic (exact) mass is 378 g/mol. The fourth-order valence-electron chi connectivity index (χ4n) is 2.60. The Balaban J connectivity index is 0.00000182. The first-order valence-electron chi connectivity index (χ1n) is 7.85. The SMILES string of the molecule is Cc1ccc(P(c2ccc(C)cc2)c2ccc(S(=O)(=O)O)cc2)cc1.[H-].[Li+]. The van der Waals surface area contributed by atoms with Gasteiger partial charge in [0.05, 0.1) is 4.90 Å². The molecule has 3 rings (SSSR count). The zero-order valence-electron chi connectivity index (χ0n) is 16.0. The van der Waals surface area contributed by atoms with Crippen LogP contribution in [0.25, 0.3) is 0 Å². The molecule has 0 heterocycles. The van der Waals surface area contributed by atoms with Gasteiger partial charge in [-0.05, 0) is 49.8 Å². The number of benzene rings is 3. The molecule has 0 fully saturated rings.